The van der Waals surface area contributed by atoms with Crippen molar-refractivity contribution in [2.45, 2.75) is 44.4 Å². The zero-order valence-electron chi connectivity index (χ0n) is 8.29. The molecule has 1 aliphatic carbocycles. The highest BCUT2D eigenvalue weighted by Gasteiger charge is 2.40. The number of ether oxygens (including phenoxy) is 2. The first-order chi connectivity index (χ1) is 6.22. The van der Waals surface area contributed by atoms with Gasteiger partial charge in [0.05, 0.1) is 13.2 Å². The van der Waals surface area contributed by atoms with Gasteiger partial charge in [0.1, 0.15) is 0 Å². The Balaban J connectivity index is 1.88. The van der Waals surface area contributed by atoms with Crippen molar-refractivity contribution in [1.29, 1.82) is 0 Å². The summed E-state index contributed by atoms with van der Waals surface area (Å²) in [5, 5.41) is 0. The van der Waals surface area contributed by atoms with Crippen LogP contribution in [0.4, 0.5) is 0 Å². The van der Waals surface area contributed by atoms with Crippen molar-refractivity contribution < 1.29 is 9.47 Å². The molecule has 13 heavy (non-hydrogen) atoms. The lowest BCUT2D eigenvalue weighted by molar-refractivity contribution is -0.183. The lowest BCUT2D eigenvalue weighted by Crippen LogP contribution is -2.39. The van der Waals surface area contributed by atoms with E-state index in [0.717, 1.165) is 38.9 Å². The van der Waals surface area contributed by atoms with Crippen LogP contribution in [0.2, 0.25) is 0 Å². The first-order valence-corrected chi connectivity index (χ1v) is 5.25. The monoisotopic (exact) mass is 185 g/mol. The van der Waals surface area contributed by atoms with Crippen LogP contribution in [0.5, 0.6) is 0 Å². The van der Waals surface area contributed by atoms with Gasteiger partial charge < -0.3 is 15.2 Å². The zero-order valence-corrected chi connectivity index (χ0v) is 8.29. The standard InChI is InChI=1S/C10H19NO2/c1-8(11)9-2-4-10(5-3-9)12-6-7-13-10/h8-9H,2-7,11H2,1H3/t8-/m1/s1. The Bertz CT molecular complexity index is 166. The fourth-order valence-electron chi connectivity index (χ4n) is 2.39. The molecule has 2 rings (SSSR count). The fraction of sp³-hybridized carbons (Fsp3) is 1.00. The van der Waals surface area contributed by atoms with E-state index in [1.165, 1.54) is 0 Å². The molecule has 1 atom stereocenters. The van der Waals surface area contributed by atoms with Gasteiger partial charge in [-0.15, -0.1) is 0 Å². The largest absolute Gasteiger partial charge is 0.348 e. The lowest BCUT2D eigenvalue weighted by Gasteiger charge is -2.36. The first kappa shape index (κ1) is 9.44. The molecule has 1 saturated carbocycles. The number of nitrogens with two attached hydrogens (primary N) is 1. The third-order valence-electron chi connectivity index (χ3n) is 3.35. The van der Waals surface area contributed by atoms with Crippen molar-refractivity contribution in [1.82, 2.24) is 0 Å². The van der Waals surface area contributed by atoms with Crippen molar-refractivity contribution in [3.8, 4) is 0 Å². The zero-order chi connectivity index (χ0) is 9.31. The van der Waals surface area contributed by atoms with E-state index < -0.39 is 0 Å². The summed E-state index contributed by atoms with van der Waals surface area (Å²) in [4.78, 5) is 0. The smallest absolute Gasteiger partial charge is 0.168 e. The molecule has 1 heterocycles. The minimum Gasteiger partial charge on any atom is -0.348 e. The number of hydrogen-bond acceptors (Lipinski definition) is 3. The Morgan fingerprint density at radius 2 is 1.77 bits per heavy atom. The van der Waals surface area contributed by atoms with Gasteiger partial charge in [-0.3, -0.25) is 0 Å². The van der Waals surface area contributed by atoms with Crippen LogP contribution in [0, 0.1) is 5.92 Å². The van der Waals surface area contributed by atoms with Gasteiger partial charge in [0.15, 0.2) is 5.79 Å². The minimum absolute atomic E-state index is 0.217. The highest BCUT2D eigenvalue weighted by Crippen LogP contribution is 2.38. The van der Waals surface area contributed by atoms with Crippen LogP contribution in [0.3, 0.4) is 0 Å². The third kappa shape index (κ3) is 1.87. The molecule has 2 aliphatic rings. The minimum atomic E-state index is -0.217. The summed E-state index contributed by atoms with van der Waals surface area (Å²) in [5.74, 6) is 0.448. The molecule has 0 radical (unpaired) electrons. The van der Waals surface area contributed by atoms with E-state index in [2.05, 4.69) is 6.92 Å². The maximum Gasteiger partial charge on any atom is 0.168 e. The van der Waals surface area contributed by atoms with Crippen molar-refractivity contribution in [2.75, 3.05) is 13.2 Å². The SMILES string of the molecule is C[C@@H](N)C1CCC2(CC1)OCCO2. The molecule has 1 saturated heterocycles. The van der Waals surface area contributed by atoms with Gasteiger partial charge in [-0.25, -0.2) is 0 Å². The van der Waals surface area contributed by atoms with E-state index >= 15 is 0 Å². The molecular formula is C10H19NO2. The second-order valence-electron chi connectivity index (χ2n) is 4.30. The third-order valence-corrected chi connectivity index (χ3v) is 3.35. The van der Waals surface area contributed by atoms with Gasteiger partial charge in [-0.2, -0.15) is 0 Å². The average Bonchev–Trinajstić information content (AvgIpc) is 2.54. The predicted molar refractivity (Wildman–Crippen MR) is 50.2 cm³/mol. The molecule has 2 N–H and O–H groups in total. The van der Waals surface area contributed by atoms with Gasteiger partial charge in [-0.1, -0.05) is 0 Å². The molecule has 1 spiro atoms. The van der Waals surface area contributed by atoms with Crippen LogP contribution in [-0.4, -0.2) is 25.0 Å². The van der Waals surface area contributed by atoms with E-state index in [9.17, 15) is 0 Å². The molecule has 76 valence electrons. The second kappa shape index (κ2) is 3.56. The van der Waals surface area contributed by atoms with Crippen LogP contribution in [0.25, 0.3) is 0 Å². The molecule has 3 heteroatoms. The van der Waals surface area contributed by atoms with Crippen LogP contribution in [-0.2, 0) is 9.47 Å². The van der Waals surface area contributed by atoms with E-state index in [-0.39, 0.29) is 5.79 Å². The van der Waals surface area contributed by atoms with Gasteiger partial charge in [0.25, 0.3) is 0 Å². The molecule has 0 unspecified atom stereocenters. The van der Waals surface area contributed by atoms with E-state index in [4.69, 9.17) is 15.2 Å². The summed E-state index contributed by atoms with van der Waals surface area (Å²) >= 11 is 0. The van der Waals surface area contributed by atoms with E-state index in [1.54, 1.807) is 0 Å². The number of hydrogen-bond donors (Lipinski definition) is 1. The molecule has 3 nitrogen and oxygen atoms in total. The van der Waals surface area contributed by atoms with Crippen LogP contribution in [0.15, 0.2) is 0 Å². The normalized spacial score (nSPS) is 30.9. The molecule has 0 bridgehead atoms. The van der Waals surface area contributed by atoms with Crippen LogP contribution >= 0.6 is 0 Å². The summed E-state index contributed by atoms with van der Waals surface area (Å²) in [7, 11) is 0. The Hall–Kier alpha value is -0.120. The molecule has 0 aromatic carbocycles. The summed E-state index contributed by atoms with van der Waals surface area (Å²) in [6.45, 7) is 3.63. The van der Waals surface area contributed by atoms with Gasteiger partial charge >= 0.3 is 0 Å². The molecule has 1 aliphatic heterocycles. The molecule has 0 aromatic rings. The fourth-order valence-corrected chi connectivity index (χ4v) is 2.39. The molecule has 0 aromatic heterocycles. The predicted octanol–water partition coefficient (Wildman–Crippen LogP) is 1.27. The average molecular weight is 185 g/mol. The topological polar surface area (TPSA) is 44.5 Å². The van der Waals surface area contributed by atoms with E-state index in [0.29, 0.717) is 12.0 Å². The summed E-state index contributed by atoms with van der Waals surface area (Å²) in [5.41, 5.74) is 5.87. The highest BCUT2D eigenvalue weighted by molar-refractivity contribution is 4.84. The van der Waals surface area contributed by atoms with Crippen LogP contribution < -0.4 is 5.73 Å². The van der Waals surface area contributed by atoms with Gasteiger partial charge in [-0.05, 0) is 25.7 Å². The Labute approximate surface area is 79.6 Å². The van der Waals surface area contributed by atoms with Crippen LogP contribution in [0.1, 0.15) is 32.6 Å². The molecule has 0 amide bonds. The van der Waals surface area contributed by atoms with Crippen molar-refractivity contribution >= 4 is 0 Å². The summed E-state index contributed by atoms with van der Waals surface area (Å²) in [6.07, 6.45) is 4.35. The first-order valence-electron chi connectivity index (χ1n) is 5.25. The quantitative estimate of drug-likeness (QED) is 0.669. The summed E-state index contributed by atoms with van der Waals surface area (Å²) in [6, 6.07) is 0.318. The van der Waals surface area contributed by atoms with Crippen molar-refractivity contribution in [2.24, 2.45) is 11.7 Å². The van der Waals surface area contributed by atoms with Crippen molar-refractivity contribution in [3.63, 3.8) is 0 Å². The lowest BCUT2D eigenvalue weighted by atomic mass is 9.81. The molecular weight excluding hydrogens is 166 g/mol. The Morgan fingerprint density at radius 1 is 1.23 bits per heavy atom. The number of rotatable bonds is 1. The Kier molecular flexibility index (Phi) is 2.58. The second-order valence-corrected chi connectivity index (χ2v) is 4.30. The van der Waals surface area contributed by atoms with Gasteiger partial charge in [0.2, 0.25) is 0 Å². The molecule has 2 fully saturated rings. The van der Waals surface area contributed by atoms with E-state index in [1.807, 2.05) is 0 Å². The van der Waals surface area contributed by atoms with Gasteiger partial charge in [0, 0.05) is 18.9 Å². The maximum atomic E-state index is 5.87. The summed E-state index contributed by atoms with van der Waals surface area (Å²) < 4.78 is 11.3. The Morgan fingerprint density at radius 3 is 2.23 bits per heavy atom. The van der Waals surface area contributed by atoms with Crippen molar-refractivity contribution in [3.05, 3.63) is 0 Å². The maximum absolute atomic E-state index is 5.87. The highest BCUT2D eigenvalue weighted by atomic mass is 16.7.